The molecule has 1 heterocycles. The highest BCUT2D eigenvalue weighted by Gasteiger charge is 2.38. The first-order valence-electron chi connectivity index (χ1n) is 5.90. The largest absolute Gasteiger partial charge is 0.471 e. The van der Waals surface area contributed by atoms with Crippen LogP contribution >= 0.6 is 0 Å². The van der Waals surface area contributed by atoms with E-state index in [4.69, 9.17) is 4.42 Å². The van der Waals surface area contributed by atoms with E-state index < -0.39 is 23.6 Å². The molecule has 0 bridgehead atoms. The lowest BCUT2D eigenvalue weighted by atomic mass is 10.2. The number of alkyl halides is 3. The fourth-order valence-corrected chi connectivity index (χ4v) is 1.68. The van der Waals surface area contributed by atoms with Crippen molar-refractivity contribution in [2.45, 2.75) is 13.1 Å². The summed E-state index contributed by atoms with van der Waals surface area (Å²) in [6, 6.07) is 4.83. The molecule has 2 N–H and O–H groups in total. The van der Waals surface area contributed by atoms with Gasteiger partial charge in [0.1, 0.15) is 11.3 Å². The second-order valence-electron chi connectivity index (χ2n) is 4.33. The van der Waals surface area contributed by atoms with Crippen molar-refractivity contribution >= 4 is 34.2 Å². The first-order chi connectivity index (χ1) is 10.2. The third-order valence-electron chi connectivity index (χ3n) is 2.56. The summed E-state index contributed by atoms with van der Waals surface area (Å²) in [5.41, 5.74) is -0.976. The van der Waals surface area contributed by atoms with Crippen LogP contribution in [0.15, 0.2) is 33.5 Å². The van der Waals surface area contributed by atoms with Crippen LogP contribution in [0.25, 0.3) is 11.0 Å². The van der Waals surface area contributed by atoms with Crippen molar-refractivity contribution in [3.05, 3.63) is 34.7 Å². The van der Waals surface area contributed by atoms with Gasteiger partial charge in [-0.1, -0.05) is 0 Å². The summed E-state index contributed by atoms with van der Waals surface area (Å²) in [7, 11) is 0. The van der Waals surface area contributed by atoms with Crippen molar-refractivity contribution in [1.29, 1.82) is 0 Å². The normalized spacial score (nSPS) is 11.3. The Balaban J connectivity index is 2.41. The Hall–Kier alpha value is -2.84. The Kier molecular flexibility index (Phi) is 3.89. The number of rotatable bonds is 2. The van der Waals surface area contributed by atoms with E-state index in [1.165, 1.54) is 25.1 Å². The lowest BCUT2D eigenvalue weighted by Crippen LogP contribution is -2.29. The summed E-state index contributed by atoms with van der Waals surface area (Å²) in [6.45, 7) is 1.18. The zero-order valence-electron chi connectivity index (χ0n) is 11.1. The Morgan fingerprint density at radius 3 is 2.41 bits per heavy atom. The third-order valence-corrected chi connectivity index (χ3v) is 2.56. The van der Waals surface area contributed by atoms with E-state index in [9.17, 15) is 27.6 Å². The topological polar surface area (TPSA) is 88.4 Å². The molecule has 2 amide bonds. The van der Waals surface area contributed by atoms with Crippen LogP contribution in [0.2, 0.25) is 0 Å². The molecule has 0 radical (unpaired) electrons. The molecule has 0 atom stereocenters. The average Bonchev–Trinajstić information content (AvgIpc) is 2.38. The predicted octanol–water partition coefficient (Wildman–Crippen LogP) is 2.25. The summed E-state index contributed by atoms with van der Waals surface area (Å²) < 4.78 is 41.5. The molecule has 0 aliphatic heterocycles. The van der Waals surface area contributed by atoms with Gasteiger partial charge in [0.15, 0.2) is 0 Å². The van der Waals surface area contributed by atoms with Crippen molar-refractivity contribution in [3.8, 4) is 0 Å². The number of fused-ring (bicyclic) bond motifs is 1. The van der Waals surface area contributed by atoms with Crippen LogP contribution in [0.4, 0.5) is 24.5 Å². The first-order valence-corrected chi connectivity index (χ1v) is 5.90. The summed E-state index contributed by atoms with van der Waals surface area (Å²) in [4.78, 5) is 33.4. The summed E-state index contributed by atoms with van der Waals surface area (Å²) in [6.07, 6.45) is -5.01. The van der Waals surface area contributed by atoms with Crippen LogP contribution in [0.1, 0.15) is 6.92 Å². The molecule has 0 aliphatic carbocycles. The molecule has 0 spiro atoms. The molecule has 0 saturated heterocycles. The Labute approximate surface area is 120 Å². The molecule has 1 aromatic carbocycles. The zero-order chi connectivity index (χ0) is 16.5. The van der Waals surface area contributed by atoms with Crippen molar-refractivity contribution in [1.82, 2.24) is 0 Å². The van der Waals surface area contributed by atoms with Gasteiger partial charge in [-0.15, -0.1) is 0 Å². The summed E-state index contributed by atoms with van der Waals surface area (Å²) in [5, 5.41) is 4.15. The van der Waals surface area contributed by atoms with Crippen LogP contribution < -0.4 is 16.3 Å². The van der Waals surface area contributed by atoms with Crippen molar-refractivity contribution < 1.29 is 27.2 Å². The van der Waals surface area contributed by atoms with Gasteiger partial charge in [0.2, 0.25) is 5.91 Å². The number of anilines is 2. The number of halogens is 3. The van der Waals surface area contributed by atoms with Gasteiger partial charge in [-0.25, -0.2) is 4.79 Å². The maximum Gasteiger partial charge on any atom is 0.471 e. The van der Waals surface area contributed by atoms with Crippen LogP contribution in [-0.2, 0) is 9.59 Å². The van der Waals surface area contributed by atoms with E-state index in [1.54, 1.807) is 5.32 Å². The van der Waals surface area contributed by atoms with Gasteiger partial charge in [-0.3, -0.25) is 9.59 Å². The van der Waals surface area contributed by atoms with Gasteiger partial charge in [0.25, 0.3) is 0 Å². The third kappa shape index (κ3) is 3.43. The van der Waals surface area contributed by atoms with Gasteiger partial charge >= 0.3 is 17.7 Å². The Bertz CT molecular complexity index is 811. The monoisotopic (exact) mass is 314 g/mol. The Morgan fingerprint density at radius 2 is 1.82 bits per heavy atom. The second-order valence-corrected chi connectivity index (χ2v) is 4.33. The van der Waals surface area contributed by atoms with Crippen LogP contribution in [0.5, 0.6) is 0 Å². The molecule has 1 aromatic heterocycles. The number of hydrogen-bond acceptors (Lipinski definition) is 4. The van der Waals surface area contributed by atoms with Gasteiger partial charge in [-0.05, 0) is 24.3 Å². The minimum atomic E-state index is -5.01. The highest BCUT2D eigenvalue weighted by Crippen LogP contribution is 2.23. The highest BCUT2D eigenvalue weighted by molar-refractivity contribution is 5.97. The van der Waals surface area contributed by atoms with Crippen LogP contribution in [0.3, 0.4) is 0 Å². The van der Waals surface area contributed by atoms with E-state index >= 15 is 0 Å². The fraction of sp³-hybridized carbons (Fsp3) is 0.154. The smallest absolute Gasteiger partial charge is 0.421 e. The maximum absolute atomic E-state index is 12.2. The standard InChI is InChI=1S/C13H9F3N2O4/c1-6(19)17-9-5-7-4-8(18-12(21)13(14,15)16)2-3-10(7)22-11(9)20/h2-5H,1H3,(H,17,19)(H,18,21). The van der Waals surface area contributed by atoms with E-state index in [0.717, 1.165) is 6.07 Å². The SMILES string of the molecule is CC(=O)Nc1cc2cc(NC(=O)C(F)(F)F)ccc2oc1=O. The minimum Gasteiger partial charge on any atom is -0.421 e. The lowest BCUT2D eigenvalue weighted by Gasteiger charge is -2.09. The van der Waals surface area contributed by atoms with Gasteiger partial charge in [0, 0.05) is 18.0 Å². The number of amides is 2. The van der Waals surface area contributed by atoms with Crippen molar-refractivity contribution in [2.75, 3.05) is 10.6 Å². The van der Waals surface area contributed by atoms with Crippen molar-refractivity contribution in [3.63, 3.8) is 0 Å². The number of carbonyl (C=O) groups excluding carboxylic acids is 2. The van der Waals surface area contributed by atoms with Gasteiger partial charge < -0.3 is 15.1 Å². The number of hydrogen-bond donors (Lipinski definition) is 2. The van der Waals surface area contributed by atoms with Crippen molar-refractivity contribution in [2.24, 2.45) is 0 Å². The minimum absolute atomic E-state index is 0.101. The fourth-order valence-electron chi connectivity index (χ4n) is 1.68. The summed E-state index contributed by atoms with van der Waals surface area (Å²) >= 11 is 0. The quantitative estimate of drug-likeness (QED) is 0.832. The molecule has 0 unspecified atom stereocenters. The molecule has 2 aromatic rings. The number of nitrogens with one attached hydrogen (secondary N) is 2. The van der Waals surface area contributed by atoms with E-state index in [-0.39, 0.29) is 22.3 Å². The first kappa shape index (κ1) is 15.5. The van der Waals surface area contributed by atoms with E-state index in [1.807, 2.05) is 0 Å². The Morgan fingerprint density at radius 1 is 1.14 bits per heavy atom. The molecular formula is C13H9F3N2O4. The maximum atomic E-state index is 12.2. The number of carbonyl (C=O) groups is 2. The predicted molar refractivity (Wildman–Crippen MR) is 71.5 cm³/mol. The molecule has 22 heavy (non-hydrogen) atoms. The second kappa shape index (κ2) is 5.51. The zero-order valence-corrected chi connectivity index (χ0v) is 11.1. The summed E-state index contributed by atoms with van der Waals surface area (Å²) in [5.74, 6) is -2.63. The highest BCUT2D eigenvalue weighted by atomic mass is 19.4. The molecule has 6 nitrogen and oxygen atoms in total. The molecule has 0 fully saturated rings. The molecule has 0 saturated carbocycles. The molecule has 0 aliphatic rings. The van der Waals surface area contributed by atoms with Crippen LogP contribution in [0, 0.1) is 0 Å². The van der Waals surface area contributed by atoms with Gasteiger partial charge in [-0.2, -0.15) is 13.2 Å². The molecule has 116 valence electrons. The van der Waals surface area contributed by atoms with Crippen LogP contribution in [-0.4, -0.2) is 18.0 Å². The molecular weight excluding hydrogens is 305 g/mol. The van der Waals surface area contributed by atoms with Gasteiger partial charge in [0.05, 0.1) is 0 Å². The molecule has 2 rings (SSSR count). The average molecular weight is 314 g/mol. The number of benzene rings is 1. The van der Waals surface area contributed by atoms with E-state index in [2.05, 4.69) is 5.32 Å². The lowest BCUT2D eigenvalue weighted by molar-refractivity contribution is -0.167. The van der Waals surface area contributed by atoms with E-state index in [0.29, 0.717) is 0 Å². The molecule has 9 heteroatoms.